The summed E-state index contributed by atoms with van der Waals surface area (Å²) in [6, 6.07) is 18.0. The van der Waals surface area contributed by atoms with Crippen LogP contribution >= 0.6 is 11.3 Å². The molecule has 0 spiro atoms. The maximum absolute atomic E-state index is 13.2. The van der Waals surface area contributed by atoms with Crippen LogP contribution in [0.15, 0.2) is 54.6 Å². The van der Waals surface area contributed by atoms with E-state index in [1.807, 2.05) is 51.1 Å². The number of nitrogens with zero attached hydrogens (tertiary/aromatic N) is 2. The lowest BCUT2D eigenvalue weighted by atomic mass is 9.80. The van der Waals surface area contributed by atoms with Gasteiger partial charge >= 0.3 is 6.09 Å². The molecule has 2 aromatic carbocycles. The molecule has 1 aromatic heterocycles. The van der Waals surface area contributed by atoms with E-state index in [0.29, 0.717) is 19.4 Å². The van der Waals surface area contributed by atoms with E-state index in [9.17, 15) is 9.90 Å². The molecule has 1 saturated heterocycles. The summed E-state index contributed by atoms with van der Waals surface area (Å²) in [7, 11) is 0. The Bertz CT molecular complexity index is 1120. The number of thiazole rings is 1. The molecule has 4 rings (SSSR count). The zero-order valence-corrected chi connectivity index (χ0v) is 20.8. The minimum atomic E-state index is -0.965. The minimum absolute atomic E-state index is 0.119. The molecule has 1 fully saturated rings. The van der Waals surface area contributed by atoms with Gasteiger partial charge in [0.15, 0.2) is 0 Å². The van der Waals surface area contributed by atoms with Crippen molar-refractivity contribution in [3.05, 3.63) is 76.4 Å². The Labute approximate surface area is 200 Å². The molecular formula is C27H32N2O3S. The number of hydrogen-bond donors (Lipinski definition) is 1. The topological polar surface area (TPSA) is 62.7 Å². The number of ether oxygens (including phenoxy) is 1. The first kappa shape index (κ1) is 23.5. The molecule has 2 heterocycles. The number of hydrogen-bond acceptors (Lipinski definition) is 5. The molecule has 0 bridgehead atoms. The average molecular weight is 465 g/mol. The van der Waals surface area contributed by atoms with Gasteiger partial charge in [-0.2, -0.15) is 0 Å². The van der Waals surface area contributed by atoms with Crippen molar-refractivity contribution in [1.82, 2.24) is 9.88 Å². The Morgan fingerprint density at radius 2 is 1.82 bits per heavy atom. The van der Waals surface area contributed by atoms with Crippen molar-refractivity contribution in [3.8, 4) is 10.4 Å². The zero-order valence-electron chi connectivity index (χ0n) is 20.0. The summed E-state index contributed by atoms with van der Waals surface area (Å²) in [4.78, 5) is 20.7. The number of cyclic esters (lactones) is 1. The third-order valence-corrected chi connectivity index (χ3v) is 7.44. The molecule has 5 nitrogen and oxygen atoms in total. The molecule has 0 radical (unpaired) electrons. The van der Waals surface area contributed by atoms with Crippen molar-refractivity contribution in [2.24, 2.45) is 0 Å². The van der Waals surface area contributed by atoms with Crippen molar-refractivity contribution in [2.45, 2.75) is 64.7 Å². The van der Waals surface area contributed by atoms with E-state index in [1.54, 1.807) is 30.1 Å². The summed E-state index contributed by atoms with van der Waals surface area (Å²) < 4.78 is 6.12. The highest BCUT2D eigenvalue weighted by atomic mass is 32.1. The molecule has 1 amide bonds. The summed E-state index contributed by atoms with van der Waals surface area (Å²) in [5.74, 6) is 0. The molecule has 0 aliphatic carbocycles. The Hall–Kier alpha value is -2.70. The number of carbonyl (C=O) groups is 1. The fourth-order valence-electron chi connectivity index (χ4n) is 4.78. The van der Waals surface area contributed by atoms with E-state index in [0.717, 1.165) is 27.4 Å². The standard InChI is InChI=1S/C27H32N2O3S/c1-18-24(33-20(3)28-18)22-13-11-21(12-14-22)19(2)29-16-15-27(32-25(29)30,17-26(4,5)31)23-9-7-6-8-10-23/h6-14,19,31H,15-17H2,1-5H3/t19-,27?/m0/s1. The molecule has 1 N–H and O–H groups in total. The van der Waals surface area contributed by atoms with Gasteiger partial charge in [-0.25, -0.2) is 9.78 Å². The molecule has 6 heteroatoms. The van der Waals surface area contributed by atoms with Crippen LogP contribution in [0.2, 0.25) is 0 Å². The molecule has 174 valence electrons. The number of benzene rings is 2. The Morgan fingerprint density at radius 3 is 2.36 bits per heavy atom. The first-order chi connectivity index (χ1) is 15.6. The Morgan fingerprint density at radius 1 is 1.15 bits per heavy atom. The second kappa shape index (κ2) is 8.92. The van der Waals surface area contributed by atoms with E-state index < -0.39 is 11.2 Å². The van der Waals surface area contributed by atoms with Crippen LogP contribution in [0, 0.1) is 13.8 Å². The number of aromatic nitrogens is 1. The highest BCUT2D eigenvalue weighted by Crippen LogP contribution is 2.42. The Balaban J connectivity index is 1.54. The molecule has 2 atom stereocenters. The van der Waals surface area contributed by atoms with Crippen LogP contribution < -0.4 is 0 Å². The number of amides is 1. The highest BCUT2D eigenvalue weighted by Gasteiger charge is 2.46. The number of aliphatic hydroxyl groups is 1. The largest absolute Gasteiger partial charge is 0.438 e. The molecule has 0 saturated carbocycles. The quantitative estimate of drug-likeness (QED) is 0.459. The second-order valence-electron chi connectivity index (χ2n) is 9.61. The van der Waals surface area contributed by atoms with Crippen molar-refractivity contribution in [1.29, 1.82) is 0 Å². The van der Waals surface area contributed by atoms with Gasteiger partial charge in [0.05, 0.1) is 27.2 Å². The van der Waals surface area contributed by atoms with E-state index in [2.05, 4.69) is 29.2 Å². The third kappa shape index (κ3) is 4.97. The van der Waals surface area contributed by atoms with E-state index >= 15 is 0 Å². The van der Waals surface area contributed by atoms with Crippen molar-refractivity contribution >= 4 is 17.4 Å². The number of rotatable bonds is 6. The van der Waals surface area contributed by atoms with Crippen LogP contribution in [0.3, 0.4) is 0 Å². The number of carbonyl (C=O) groups excluding carboxylic acids is 1. The van der Waals surface area contributed by atoms with E-state index in [-0.39, 0.29) is 12.1 Å². The van der Waals surface area contributed by atoms with Crippen LogP contribution in [-0.4, -0.2) is 33.2 Å². The van der Waals surface area contributed by atoms with Crippen LogP contribution in [-0.2, 0) is 10.3 Å². The lowest BCUT2D eigenvalue weighted by molar-refractivity contribution is -0.101. The average Bonchev–Trinajstić information content (AvgIpc) is 3.11. The van der Waals surface area contributed by atoms with Crippen molar-refractivity contribution < 1.29 is 14.6 Å². The molecular weight excluding hydrogens is 432 g/mol. The van der Waals surface area contributed by atoms with E-state index in [1.165, 1.54) is 4.88 Å². The van der Waals surface area contributed by atoms with Gasteiger partial charge in [0.25, 0.3) is 0 Å². The first-order valence-electron chi connectivity index (χ1n) is 11.4. The van der Waals surface area contributed by atoms with Gasteiger partial charge in [-0.3, -0.25) is 0 Å². The summed E-state index contributed by atoms with van der Waals surface area (Å²) >= 11 is 1.70. The zero-order chi connectivity index (χ0) is 23.8. The fourth-order valence-corrected chi connectivity index (χ4v) is 5.71. The monoisotopic (exact) mass is 464 g/mol. The summed E-state index contributed by atoms with van der Waals surface area (Å²) in [6.07, 6.45) is 0.620. The predicted molar refractivity (Wildman–Crippen MR) is 132 cm³/mol. The van der Waals surface area contributed by atoms with Gasteiger partial charge in [0.2, 0.25) is 0 Å². The summed E-state index contributed by atoms with van der Waals surface area (Å²) in [5, 5.41) is 11.6. The minimum Gasteiger partial charge on any atom is -0.438 e. The smallest absolute Gasteiger partial charge is 0.411 e. The van der Waals surface area contributed by atoms with Crippen molar-refractivity contribution in [2.75, 3.05) is 6.54 Å². The molecule has 3 aromatic rings. The first-order valence-corrected chi connectivity index (χ1v) is 12.2. The lowest BCUT2D eigenvalue weighted by Crippen LogP contribution is -2.51. The van der Waals surface area contributed by atoms with Gasteiger partial charge < -0.3 is 14.7 Å². The van der Waals surface area contributed by atoms with Gasteiger partial charge in [0, 0.05) is 19.4 Å². The summed E-state index contributed by atoms with van der Waals surface area (Å²) in [6.45, 7) is 10.2. The molecule has 33 heavy (non-hydrogen) atoms. The van der Waals surface area contributed by atoms with Gasteiger partial charge in [-0.15, -0.1) is 11.3 Å². The maximum atomic E-state index is 13.2. The van der Waals surface area contributed by atoms with Gasteiger partial charge in [-0.05, 0) is 51.3 Å². The third-order valence-electron chi connectivity index (χ3n) is 6.32. The lowest BCUT2D eigenvalue weighted by Gasteiger charge is -2.45. The van der Waals surface area contributed by atoms with Crippen LogP contribution in [0.5, 0.6) is 0 Å². The molecule has 1 unspecified atom stereocenters. The van der Waals surface area contributed by atoms with E-state index in [4.69, 9.17) is 4.74 Å². The van der Waals surface area contributed by atoms with Crippen LogP contribution in [0.25, 0.3) is 10.4 Å². The highest BCUT2D eigenvalue weighted by molar-refractivity contribution is 7.15. The molecule has 1 aliphatic rings. The molecule has 1 aliphatic heterocycles. The number of aryl methyl sites for hydroxylation is 2. The van der Waals surface area contributed by atoms with Crippen molar-refractivity contribution in [3.63, 3.8) is 0 Å². The summed E-state index contributed by atoms with van der Waals surface area (Å²) in [5.41, 5.74) is 2.37. The van der Waals surface area contributed by atoms with Crippen LogP contribution in [0.1, 0.15) is 61.5 Å². The normalized spacial score (nSPS) is 19.9. The Kier molecular flexibility index (Phi) is 6.34. The van der Waals surface area contributed by atoms with Gasteiger partial charge in [-0.1, -0.05) is 54.6 Å². The second-order valence-corrected chi connectivity index (χ2v) is 10.8. The van der Waals surface area contributed by atoms with Gasteiger partial charge in [0.1, 0.15) is 5.60 Å². The van der Waals surface area contributed by atoms with Crippen LogP contribution in [0.4, 0.5) is 4.79 Å². The predicted octanol–water partition coefficient (Wildman–Crippen LogP) is 6.39. The maximum Gasteiger partial charge on any atom is 0.411 e. The fraction of sp³-hybridized carbons (Fsp3) is 0.407. The SMILES string of the molecule is Cc1nc(C)c(-c2ccc([C@H](C)N3CCC(CC(C)(C)O)(c4ccccc4)OC3=O)cc2)s1.